The zero-order valence-electron chi connectivity index (χ0n) is 17.6. The highest BCUT2D eigenvalue weighted by atomic mass is 19.1. The third kappa shape index (κ3) is 4.30. The summed E-state index contributed by atoms with van der Waals surface area (Å²) in [7, 11) is 2.66. The number of halogens is 3. The summed E-state index contributed by atoms with van der Waals surface area (Å²) in [6, 6.07) is 4.72. The number of benzene rings is 2. The van der Waals surface area contributed by atoms with Gasteiger partial charge in [0.15, 0.2) is 0 Å². The molecule has 0 saturated carbocycles. The average molecular weight is 436 g/mol. The molecule has 1 aliphatic rings. The molecule has 0 radical (unpaired) electrons. The van der Waals surface area contributed by atoms with Gasteiger partial charge in [0.05, 0.1) is 19.8 Å². The topological polar surface area (TPSA) is 59.1 Å². The monoisotopic (exact) mass is 436 g/mol. The van der Waals surface area contributed by atoms with Crippen molar-refractivity contribution in [2.45, 2.75) is 25.9 Å². The number of hydrogen-bond donors (Lipinski definition) is 0. The minimum absolute atomic E-state index is 0.0374. The molecule has 0 N–H and O–H groups in total. The van der Waals surface area contributed by atoms with E-state index in [0.29, 0.717) is 0 Å². The summed E-state index contributed by atoms with van der Waals surface area (Å²) in [5, 5.41) is 0. The third-order valence-electron chi connectivity index (χ3n) is 5.31. The van der Waals surface area contributed by atoms with Crippen LogP contribution in [0.2, 0.25) is 0 Å². The van der Waals surface area contributed by atoms with Crippen LogP contribution in [0.25, 0.3) is 0 Å². The minimum atomic E-state index is -1.03. The molecule has 0 aromatic heterocycles. The van der Waals surface area contributed by atoms with Gasteiger partial charge in [0, 0.05) is 43.4 Å². The summed E-state index contributed by atoms with van der Waals surface area (Å²) in [4.78, 5) is 28.6. The Hall–Kier alpha value is -3.23. The molecule has 0 spiro atoms. The lowest BCUT2D eigenvalue weighted by atomic mass is 10.0. The van der Waals surface area contributed by atoms with E-state index in [0.717, 1.165) is 18.2 Å². The molecular weight excluding hydrogens is 413 g/mol. The predicted molar refractivity (Wildman–Crippen MR) is 107 cm³/mol. The van der Waals surface area contributed by atoms with Crippen molar-refractivity contribution in [2.75, 3.05) is 27.3 Å². The molecule has 2 amide bonds. The first kappa shape index (κ1) is 22.5. The lowest BCUT2D eigenvalue weighted by Crippen LogP contribution is -2.60. The van der Waals surface area contributed by atoms with Crippen molar-refractivity contribution in [1.29, 1.82) is 0 Å². The van der Waals surface area contributed by atoms with Gasteiger partial charge in [-0.15, -0.1) is 0 Å². The van der Waals surface area contributed by atoms with Gasteiger partial charge in [-0.05, 0) is 26.0 Å². The summed E-state index contributed by atoms with van der Waals surface area (Å²) in [5.41, 5.74) is -0.798. The van der Waals surface area contributed by atoms with Gasteiger partial charge in [-0.2, -0.15) is 0 Å². The summed E-state index contributed by atoms with van der Waals surface area (Å²) < 4.78 is 52.9. The van der Waals surface area contributed by atoms with Gasteiger partial charge in [-0.25, -0.2) is 13.2 Å². The first-order valence-electron chi connectivity index (χ1n) is 9.66. The van der Waals surface area contributed by atoms with Crippen molar-refractivity contribution in [3.8, 4) is 11.5 Å². The van der Waals surface area contributed by atoms with Crippen molar-refractivity contribution < 1.29 is 32.2 Å². The summed E-state index contributed by atoms with van der Waals surface area (Å²) >= 11 is 0. The van der Waals surface area contributed by atoms with Crippen LogP contribution >= 0.6 is 0 Å². The van der Waals surface area contributed by atoms with Crippen LogP contribution in [0.15, 0.2) is 30.3 Å². The molecule has 0 unspecified atom stereocenters. The number of hydrogen-bond acceptors (Lipinski definition) is 4. The van der Waals surface area contributed by atoms with Crippen molar-refractivity contribution in [1.82, 2.24) is 9.80 Å². The lowest BCUT2D eigenvalue weighted by molar-refractivity contribution is 0.0246. The number of piperazine rings is 1. The highest BCUT2D eigenvalue weighted by Gasteiger charge is 2.38. The molecule has 0 bridgehead atoms. The molecule has 1 heterocycles. The van der Waals surface area contributed by atoms with Gasteiger partial charge in [-0.3, -0.25) is 9.59 Å². The molecule has 2 aromatic carbocycles. The molecule has 6 nitrogen and oxygen atoms in total. The van der Waals surface area contributed by atoms with Gasteiger partial charge in [0.1, 0.15) is 34.5 Å². The Morgan fingerprint density at radius 1 is 0.839 bits per heavy atom. The fourth-order valence-electron chi connectivity index (χ4n) is 3.86. The van der Waals surface area contributed by atoms with Crippen LogP contribution in [-0.4, -0.2) is 61.0 Å². The highest BCUT2D eigenvalue weighted by molar-refractivity contribution is 5.97. The smallest absolute Gasteiger partial charge is 0.260 e. The second-order valence-corrected chi connectivity index (χ2v) is 7.43. The van der Waals surface area contributed by atoms with E-state index in [9.17, 15) is 22.8 Å². The van der Waals surface area contributed by atoms with E-state index < -0.39 is 46.9 Å². The zero-order valence-corrected chi connectivity index (χ0v) is 17.6. The first-order valence-corrected chi connectivity index (χ1v) is 9.66. The first-order chi connectivity index (χ1) is 14.7. The molecule has 0 aliphatic carbocycles. The molecule has 2 atom stereocenters. The molecular formula is C22H23F3N2O4. The number of nitrogens with zero attached hydrogens (tertiary/aromatic N) is 2. The average Bonchev–Trinajstić information content (AvgIpc) is 2.71. The Balaban J connectivity index is 1.82. The Labute approximate surface area is 178 Å². The van der Waals surface area contributed by atoms with E-state index in [2.05, 4.69) is 0 Å². The van der Waals surface area contributed by atoms with Gasteiger partial charge < -0.3 is 19.3 Å². The van der Waals surface area contributed by atoms with E-state index in [1.807, 2.05) is 0 Å². The Morgan fingerprint density at radius 3 is 1.84 bits per heavy atom. The van der Waals surface area contributed by atoms with Crippen LogP contribution in [0.3, 0.4) is 0 Å². The van der Waals surface area contributed by atoms with Crippen molar-refractivity contribution >= 4 is 11.8 Å². The molecule has 31 heavy (non-hydrogen) atoms. The van der Waals surface area contributed by atoms with Crippen LogP contribution in [0, 0.1) is 17.5 Å². The normalized spacial score (nSPS) is 18.7. The minimum Gasteiger partial charge on any atom is -0.497 e. The molecule has 1 fully saturated rings. The molecule has 9 heteroatoms. The number of carbonyl (C=O) groups is 2. The summed E-state index contributed by atoms with van der Waals surface area (Å²) in [6.07, 6.45) is 0. The maximum atomic E-state index is 14.4. The van der Waals surface area contributed by atoms with Crippen LogP contribution in [0.4, 0.5) is 13.2 Å². The zero-order chi connectivity index (χ0) is 22.9. The molecule has 2 aromatic rings. The van der Waals surface area contributed by atoms with E-state index in [1.54, 1.807) is 13.8 Å². The number of methoxy groups -OCH3 is 2. The predicted octanol–water partition coefficient (Wildman–Crippen LogP) is 3.50. The lowest BCUT2D eigenvalue weighted by Gasteiger charge is -2.44. The summed E-state index contributed by atoms with van der Waals surface area (Å²) in [6.45, 7) is 3.49. The number of ether oxygens (including phenoxy) is 2. The van der Waals surface area contributed by atoms with E-state index in [-0.39, 0.29) is 30.2 Å². The summed E-state index contributed by atoms with van der Waals surface area (Å²) in [5.74, 6) is -3.88. The van der Waals surface area contributed by atoms with Crippen molar-refractivity contribution in [3.05, 3.63) is 58.9 Å². The maximum Gasteiger partial charge on any atom is 0.260 e. The van der Waals surface area contributed by atoms with Crippen LogP contribution in [-0.2, 0) is 0 Å². The number of carbonyl (C=O) groups excluding carboxylic acids is 2. The van der Waals surface area contributed by atoms with Crippen LogP contribution in [0.5, 0.6) is 11.5 Å². The van der Waals surface area contributed by atoms with Crippen molar-refractivity contribution in [2.24, 2.45) is 0 Å². The third-order valence-corrected chi connectivity index (χ3v) is 5.31. The van der Waals surface area contributed by atoms with Gasteiger partial charge in [0.2, 0.25) is 0 Å². The van der Waals surface area contributed by atoms with Gasteiger partial charge >= 0.3 is 0 Å². The Kier molecular flexibility index (Phi) is 6.42. The SMILES string of the molecule is COc1ccc(C(=O)N2C[C@@H](C)N(C(=O)c3c(F)cc(OC)cc3F)[C@H](C)C2)c(F)c1. The van der Waals surface area contributed by atoms with E-state index in [1.165, 1.54) is 36.2 Å². The molecule has 166 valence electrons. The van der Waals surface area contributed by atoms with Crippen molar-refractivity contribution in [3.63, 3.8) is 0 Å². The number of rotatable bonds is 4. The maximum absolute atomic E-state index is 14.4. The standard InChI is InChI=1S/C22H23F3N2O4/c1-12-10-26(21(28)16-6-5-14(30-3)7-17(16)23)11-13(2)27(12)22(29)20-18(24)8-15(31-4)9-19(20)25/h5-9,12-13H,10-11H2,1-4H3/t12-,13-/m1/s1. The second kappa shape index (κ2) is 8.87. The Bertz CT molecular complexity index is 979. The quantitative estimate of drug-likeness (QED) is 0.736. The number of amides is 2. The fraction of sp³-hybridized carbons (Fsp3) is 0.364. The fourth-order valence-corrected chi connectivity index (χ4v) is 3.86. The van der Waals surface area contributed by atoms with Crippen LogP contribution in [0.1, 0.15) is 34.6 Å². The van der Waals surface area contributed by atoms with Gasteiger partial charge in [0.25, 0.3) is 11.8 Å². The molecule has 3 rings (SSSR count). The van der Waals surface area contributed by atoms with Gasteiger partial charge in [-0.1, -0.05) is 0 Å². The largest absolute Gasteiger partial charge is 0.497 e. The molecule has 1 aliphatic heterocycles. The van der Waals surface area contributed by atoms with Crippen LogP contribution < -0.4 is 9.47 Å². The van der Waals surface area contributed by atoms with E-state index in [4.69, 9.17) is 9.47 Å². The molecule has 1 saturated heterocycles. The second-order valence-electron chi connectivity index (χ2n) is 7.43. The Morgan fingerprint density at radius 2 is 1.35 bits per heavy atom. The van der Waals surface area contributed by atoms with E-state index >= 15 is 0 Å². The highest BCUT2D eigenvalue weighted by Crippen LogP contribution is 2.27.